The van der Waals surface area contributed by atoms with Gasteiger partial charge in [-0.3, -0.25) is 10.8 Å². The van der Waals surface area contributed by atoms with E-state index < -0.39 is 0 Å². The maximum atomic E-state index is 9.43. The van der Waals surface area contributed by atoms with Crippen molar-refractivity contribution in [3.05, 3.63) is 35.5 Å². The molecular formula is C22H27N9O. The molecule has 0 saturated heterocycles. The molecular weight excluding hydrogens is 406 g/mol. The van der Waals surface area contributed by atoms with Gasteiger partial charge in [-0.1, -0.05) is 13.3 Å². The lowest BCUT2D eigenvalue weighted by Crippen LogP contribution is -2.24. The van der Waals surface area contributed by atoms with Crippen LogP contribution in [0.2, 0.25) is 0 Å². The highest BCUT2D eigenvalue weighted by Gasteiger charge is 2.16. The van der Waals surface area contributed by atoms with Gasteiger partial charge in [-0.05, 0) is 31.5 Å². The Labute approximate surface area is 186 Å². The van der Waals surface area contributed by atoms with Crippen LogP contribution in [-0.2, 0) is 0 Å². The molecule has 0 aliphatic heterocycles. The highest BCUT2D eigenvalue weighted by Crippen LogP contribution is 2.31. The Balaban J connectivity index is 1.98. The van der Waals surface area contributed by atoms with Crippen LogP contribution >= 0.6 is 0 Å². The fourth-order valence-corrected chi connectivity index (χ4v) is 3.13. The predicted octanol–water partition coefficient (Wildman–Crippen LogP) is 4.05. The average molecular weight is 434 g/mol. The molecule has 3 rings (SSSR count). The molecule has 0 unspecified atom stereocenters. The fraction of sp³-hybridized carbons (Fsp3) is 0.318. The first-order valence-corrected chi connectivity index (χ1v) is 10.4. The first-order valence-electron chi connectivity index (χ1n) is 10.4. The van der Waals surface area contributed by atoms with Crippen LogP contribution in [0.4, 0.5) is 17.5 Å². The Morgan fingerprint density at radius 2 is 2.16 bits per heavy atom. The number of nitriles is 1. The minimum absolute atomic E-state index is 0.183. The van der Waals surface area contributed by atoms with E-state index in [0.29, 0.717) is 52.0 Å². The fourth-order valence-electron chi connectivity index (χ4n) is 3.13. The van der Waals surface area contributed by atoms with Crippen molar-refractivity contribution in [2.45, 2.75) is 26.7 Å². The summed E-state index contributed by atoms with van der Waals surface area (Å²) in [6, 6.07) is 7.48. The summed E-state index contributed by atoms with van der Waals surface area (Å²) in [5.74, 6) is 1.67. The zero-order valence-electron chi connectivity index (χ0n) is 18.4. The Morgan fingerprint density at radius 3 is 2.84 bits per heavy atom. The van der Waals surface area contributed by atoms with Gasteiger partial charge >= 0.3 is 0 Å². The molecule has 5 N–H and O–H groups in total. The number of aromatic nitrogens is 3. The van der Waals surface area contributed by atoms with Crippen molar-refractivity contribution in [3.63, 3.8) is 0 Å². The van der Waals surface area contributed by atoms with E-state index in [1.807, 2.05) is 6.92 Å². The van der Waals surface area contributed by atoms with Crippen LogP contribution in [-0.4, -0.2) is 52.2 Å². The highest BCUT2D eigenvalue weighted by atomic mass is 16.5. The van der Waals surface area contributed by atoms with Gasteiger partial charge in [-0.15, -0.1) is 0 Å². The number of H-pyrrole nitrogens is 1. The molecule has 3 aromatic rings. The molecule has 166 valence electrons. The van der Waals surface area contributed by atoms with Crippen LogP contribution in [0.1, 0.15) is 37.8 Å². The lowest BCUT2D eigenvalue weighted by atomic mass is 10.1. The predicted molar refractivity (Wildman–Crippen MR) is 126 cm³/mol. The lowest BCUT2D eigenvalue weighted by Gasteiger charge is -2.17. The molecule has 0 spiro atoms. The van der Waals surface area contributed by atoms with E-state index in [4.69, 9.17) is 15.6 Å². The van der Waals surface area contributed by atoms with Crippen molar-refractivity contribution < 1.29 is 4.74 Å². The first kappa shape index (κ1) is 22.6. The van der Waals surface area contributed by atoms with Crippen LogP contribution < -0.4 is 15.4 Å². The van der Waals surface area contributed by atoms with Gasteiger partial charge < -0.3 is 25.3 Å². The van der Waals surface area contributed by atoms with Crippen LogP contribution in [0.15, 0.2) is 24.4 Å². The molecule has 1 aromatic carbocycles. The molecule has 0 amide bonds. The molecule has 2 aromatic heterocycles. The van der Waals surface area contributed by atoms with Crippen LogP contribution in [0, 0.1) is 22.1 Å². The van der Waals surface area contributed by atoms with Crippen molar-refractivity contribution in [2.24, 2.45) is 0 Å². The summed E-state index contributed by atoms with van der Waals surface area (Å²) in [5, 5.41) is 32.2. The molecule has 0 aliphatic carbocycles. The smallest absolute Gasteiger partial charge is 0.231 e. The molecule has 0 fully saturated rings. The number of ether oxygens (including phenoxy) is 1. The summed E-state index contributed by atoms with van der Waals surface area (Å²) in [6.45, 7) is 5.17. The van der Waals surface area contributed by atoms with Crippen LogP contribution in [0.25, 0.3) is 11.0 Å². The van der Waals surface area contributed by atoms with Crippen molar-refractivity contribution in [2.75, 3.05) is 30.8 Å². The van der Waals surface area contributed by atoms with E-state index in [2.05, 4.69) is 38.6 Å². The molecule has 0 radical (unpaired) electrons. The van der Waals surface area contributed by atoms with Gasteiger partial charge in [0.1, 0.15) is 29.1 Å². The number of unbranched alkanes of at least 4 members (excludes halogenated alkanes) is 1. The second-order valence-corrected chi connectivity index (χ2v) is 7.07. The quantitative estimate of drug-likeness (QED) is 0.184. The first-order chi connectivity index (χ1) is 15.5. The Kier molecular flexibility index (Phi) is 7.23. The topological polar surface area (TPSA) is 150 Å². The zero-order valence-corrected chi connectivity index (χ0v) is 18.4. The monoisotopic (exact) mass is 433 g/mol. The van der Waals surface area contributed by atoms with E-state index >= 15 is 0 Å². The molecule has 0 aliphatic rings. The Morgan fingerprint density at radius 1 is 1.34 bits per heavy atom. The number of anilines is 3. The number of hydrogen-bond donors (Lipinski definition) is 5. The second kappa shape index (κ2) is 10.3. The van der Waals surface area contributed by atoms with Gasteiger partial charge in [0.2, 0.25) is 5.95 Å². The summed E-state index contributed by atoms with van der Waals surface area (Å²) < 4.78 is 5.78. The minimum atomic E-state index is 0.183. The number of rotatable bonds is 10. The summed E-state index contributed by atoms with van der Waals surface area (Å²) in [7, 11) is 1.64. The van der Waals surface area contributed by atoms with E-state index in [-0.39, 0.29) is 5.84 Å². The van der Waals surface area contributed by atoms with Crippen LogP contribution in [0.5, 0.6) is 5.75 Å². The lowest BCUT2D eigenvalue weighted by molar-refractivity contribution is 0.342. The number of nitrogens with one attached hydrogen (secondary N) is 5. The standard InChI is InChI=1S/C22H27N9O/c1-4-6-9-26-20-18-15(11-23)12-27-21(18)30-22(29-20)28-16-8-7-14(10-17(16)32-5-2)19(25)31(3)13-24/h7-8,10,12-13,24-25H,4-6,9H2,1-3H3,(H3,26,27,28,29,30). The van der Waals surface area contributed by atoms with Gasteiger partial charge in [0.25, 0.3) is 0 Å². The zero-order chi connectivity index (χ0) is 23.1. The van der Waals surface area contributed by atoms with Crippen molar-refractivity contribution >= 4 is 40.7 Å². The minimum Gasteiger partial charge on any atom is -0.492 e. The molecule has 32 heavy (non-hydrogen) atoms. The van der Waals surface area contributed by atoms with Crippen molar-refractivity contribution in [1.82, 2.24) is 19.9 Å². The SMILES string of the molecule is CCCCNc1nc(Nc2ccc(C(=N)N(C)C=N)cc2OCC)nc2[nH]cc(C#N)c12. The van der Waals surface area contributed by atoms with Gasteiger partial charge in [0.05, 0.1) is 29.6 Å². The number of benzene rings is 1. The summed E-state index contributed by atoms with van der Waals surface area (Å²) >= 11 is 0. The van der Waals surface area contributed by atoms with Crippen molar-refractivity contribution in [3.8, 4) is 11.8 Å². The maximum absolute atomic E-state index is 9.43. The third kappa shape index (κ3) is 4.78. The molecule has 0 bridgehead atoms. The molecule has 0 atom stereocenters. The summed E-state index contributed by atoms with van der Waals surface area (Å²) in [4.78, 5) is 13.6. The highest BCUT2D eigenvalue weighted by molar-refractivity contribution is 6.02. The number of hydrogen-bond acceptors (Lipinski definition) is 8. The van der Waals surface area contributed by atoms with Gasteiger partial charge in [-0.25, -0.2) is 0 Å². The van der Waals surface area contributed by atoms with Crippen molar-refractivity contribution in [1.29, 1.82) is 16.1 Å². The molecule has 10 nitrogen and oxygen atoms in total. The van der Waals surface area contributed by atoms with Gasteiger partial charge in [0, 0.05) is 25.4 Å². The van der Waals surface area contributed by atoms with E-state index in [0.717, 1.165) is 25.7 Å². The average Bonchev–Trinajstić information content (AvgIpc) is 3.22. The number of amidine groups is 1. The summed E-state index contributed by atoms with van der Waals surface area (Å²) in [6.07, 6.45) is 4.72. The molecule has 2 heterocycles. The Hall–Kier alpha value is -4.13. The van der Waals surface area contributed by atoms with Gasteiger partial charge in [0.15, 0.2) is 0 Å². The maximum Gasteiger partial charge on any atom is 0.231 e. The van der Waals surface area contributed by atoms with Gasteiger partial charge in [-0.2, -0.15) is 15.2 Å². The third-order valence-electron chi connectivity index (χ3n) is 4.82. The molecule has 10 heteroatoms. The second-order valence-electron chi connectivity index (χ2n) is 7.07. The van der Waals surface area contributed by atoms with E-state index in [9.17, 15) is 5.26 Å². The number of nitrogens with zero attached hydrogens (tertiary/aromatic N) is 4. The normalized spacial score (nSPS) is 10.4. The number of aromatic amines is 1. The van der Waals surface area contributed by atoms with E-state index in [1.54, 1.807) is 31.4 Å². The third-order valence-corrected chi connectivity index (χ3v) is 4.82. The number of fused-ring (bicyclic) bond motifs is 1. The largest absolute Gasteiger partial charge is 0.492 e. The van der Waals surface area contributed by atoms with E-state index in [1.165, 1.54) is 4.90 Å². The van der Waals surface area contributed by atoms with Crippen LogP contribution in [0.3, 0.4) is 0 Å². The molecule has 0 saturated carbocycles. The summed E-state index contributed by atoms with van der Waals surface area (Å²) in [5.41, 5.74) is 2.30. The Bertz CT molecular complexity index is 1160.